The van der Waals surface area contributed by atoms with Crippen LogP contribution in [0, 0.1) is 0 Å². The molecule has 0 aromatic heterocycles. The van der Waals surface area contributed by atoms with Crippen molar-refractivity contribution in [3.8, 4) is 0 Å². The van der Waals surface area contributed by atoms with E-state index in [1.165, 1.54) is 0 Å². The summed E-state index contributed by atoms with van der Waals surface area (Å²) in [5.41, 5.74) is 0.132. The van der Waals surface area contributed by atoms with Crippen LogP contribution in [0.5, 0.6) is 0 Å². The molecule has 1 saturated carbocycles. The van der Waals surface area contributed by atoms with Crippen LogP contribution in [0.2, 0.25) is 0 Å². The highest BCUT2D eigenvalue weighted by Gasteiger charge is 2.44. The van der Waals surface area contributed by atoms with Gasteiger partial charge in [0.2, 0.25) is 0 Å². The van der Waals surface area contributed by atoms with Crippen LogP contribution >= 0.6 is 0 Å². The van der Waals surface area contributed by atoms with Crippen molar-refractivity contribution < 1.29 is 14.3 Å². The van der Waals surface area contributed by atoms with Gasteiger partial charge in [0.05, 0.1) is 5.41 Å². The van der Waals surface area contributed by atoms with Gasteiger partial charge >= 0.3 is 5.97 Å². The number of esters is 1. The van der Waals surface area contributed by atoms with E-state index in [2.05, 4.69) is 5.32 Å². The summed E-state index contributed by atoms with van der Waals surface area (Å²) in [6, 6.07) is 9.79. The summed E-state index contributed by atoms with van der Waals surface area (Å²) in [5.74, 6) is -0.517. The molecular weight excluding hydrogens is 290 g/mol. The minimum atomic E-state index is -0.582. The van der Waals surface area contributed by atoms with Gasteiger partial charge < -0.3 is 10.1 Å². The Morgan fingerprint density at radius 1 is 1.17 bits per heavy atom. The van der Waals surface area contributed by atoms with Crippen molar-refractivity contribution in [3.63, 3.8) is 0 Å². The first kappa shape index (κ1) is 17.5. The average molecular weight is 317 g/mol. The number of hydrogen-bond acceptors (Lipinski definition) is 3. The second-order valence-corrected chi connectivity index (χ2v) is 7.02. The molecule has 1 aromatic rings. The first-order chi connectivity index (χ1) is 10.9. The molecule has 1 aliphatic carbocycles. The van der Waals surface area contributed by atoms with Crippen LogP contribution in [-0.2, 0) is 19.7 Å². The SMILES string of the molecule is CCC(C)(C)NC(=O)COC(=O)C1(c2ccccc2)CCCC1. The van der Waals surface area contributed by atoms with E-state index < -0.39 is 5.41 Å². The average Bonchev–Trinajstić information content (AvgIpc) is 3.04. The Morgan fingerprint density at radius 2 is 1.78 bits per heavy atom. The highest BCUT2D eigenvalue weighted by Crippen LogP contribution is 2.42. The van der Waals surface area contributed by atoms with E-state index in [1.807, 2.05) is 51.1 Å². The van der Waals surface area contributed by atoms with E-state index in [-0.39, 0.29) is 24.0 Å². The molecular formula is C19H27NO3. The summed E-state index contributed by atoms with van der Waals surface area (Å²) < 4.78 is 5.38. The third-order valence-corrected chi connectivity index (χ3v) is 4.87. The van der Waals surface area contributed by atoms with E-state index in [0.29, 0.717) is 0 Å². The highest BCUT2D eigenvalue weighted by molar-refractivity contribution is 5.86. The van der Waals surface area contributed by atoms with Crippen LogP contribution in [0.15, 0.2) is 30.3 Å². The number of ether oxygens (including phenoxy) is 1. The van der Waals surface area contributed by atoms with Crippen LogP contribution < -0.4 is 5.32 Å². The summed E-state index contributed by atoms with van der Waals surface area (Å²) in [4.78, 5) is 24.7. The molecule has 0 spiro atoms. The van der Waals surface area contributed by atoms with Crippen LogP contribution in [-0.4, -0.2) is 24.0 Å². The van der Waals surface area contributed by atoms with Gasteiger partial charge in [0, 0.05) is 5.54 Å². The molecule has 0 heterocycles. The number of carbonyl (C=O) groups excluding carboxylic acids is 2. The quantitative estimate of drug-likeness (QED) is 0.819. The van der Waals surface area contributed by atoms with Gasteiger partial charge in [-0.3, -0.25) is 9.59 Å². The molecule has 1 N–H and O–H groups in total. The standard InChI is InChI=1S/C19H27NO3/c1-4-18(2,3)20-16(21)14-23-17(22)19(12-8-9-13-19)15-10-6-5-7-11-15/h5-7,10-11H,4,8-9,12-14H2,1-3H3,(H,20,21). The van der Waals surface area contributed by atoms with Crippen LogP contribution in [0.1, 0.15) is 58.4 Å². The fraction of sp³-hybridized carbons (Fsp3) is 0.579. The lowest BCUT2D eigenvalue weighted by Crippen LogP contribution is -2.45. The monoisotopic (exact) mass is 317 g/mol. The van der Waals surface area contributed by atoms with Gasteiger partial charge in [-0.15, -0.1) is 0 Å². The Balaban J connectivity index is 2.02. The summed E-state index contributed by atoms with van der Waals surface area (Å²) in [7, 11) is 0. The van der Waals surface area contributed by atoms with E-state index in [1.54, 1.807) is 0 Å². The molecule has 2 rings (SSSR count). The molecule has 0 aliphatic heterocycles. The van der Waals surface area contributed by atoms with Crippen LogP contribution in [0.25, 0.3) is 0 Å². The molecule has 0 saturated heterocycles. The number of benzene rings is 1. The molecule has 0 bridgehead atoms. The first-order valence-electron chi connectivity index (χ1n) is 8.43. The van der Waals surface area contributed by atoms with E-state index in [0.717, 1.165) is 37.7 Å². The third kappa shape index (κ3) is 4.12. The van der Waals surface area contributed by atoms with Gasteiger partial charge in [-0.2, -0.15) is 0 Å². The predicted molar refractivity (Wildman–Crippen MR) is 90.1 cm³/mol. The maximum Gasteiger partial charge on any atom is 0.317 e. The normalized spacial score (nSPS) is 16.8. The summed E-state index contributed by atoms with van der Waals surface area (Å²) in [5, 5.41) is 2.89. The molecule has 0 atom stereocenters. The van der Waals surface area contributed by atoms with Gasteiger partial charge in [-0.1, -0.05) is 50.1 Å². The van der Waals surface area contributed by atoms with Crippen molar-refractivity contribution in [1.82, 2.24) is 5.32 Å². The Bertz CT molecular complexity index is 545. The minimum Gasteiger partial charge on any atom is -0.455 e. The van der Waals surface area contributed by atoms with E-state index >= 15 is 0 Å². The largest absolute Gasteiger partial charge is 0.455 e. The van der Waals surface area contributed by atoms with E-state index in [4.69, 9.17) is 4.74 Å². The molecule has 0 radical (unpaired) electrons. The lowest BCUT2D eigenvalue weighted by atomic mass is 9.79. The topological polar surface area (TPSA) is 55.4 Å². The van der Waals surface area contributed by atoms with Crippen molar-refractivity contribution in [2.75, 3.05) is 6.61 Å². The molecule has 1 aliphatic rings. The molecule has 0 unspecified atom stereocenters. The van der Waals surface area contributed by atoms with Gasteiger partial charge in [0.15, 0.2) is 6.61 Å². The van der Waals surface area contributed by atoms with Crippen LogP contribution in [0.3, 0.4) is 0 Å². The Labute approximate surface area is 138 Å². The number of nitrogens with one attached hydrogen (secondary N) is 1. The van der Waals surface area contributed by atoms with Gasteiger partial charge in [-0.25, -0.2) is 0 Å². The predicted octanol–water partition coefficient (Wildman–Crippen LogP) is 3.35. The number of hydrogen-bond donors (Lipinski definition) is 1. The summed E-state index contributed by atoms with van der Waals surface area (Å²) >= 11 is 0. The molecule has 23 heavy (non-hydrogen) atoms. The Hall–Kier alpha value is -1.84. The third-order valence-electron chi connectivity index (χ3n) is 4.87. The molecule has 4 nitrogen and oxygen atoms in total. The molecule has 1 fully saturated rings. The molecule has 1 amide bonds. The molecule has 4 heteroatoms. The molecule has 126 valence electrons. The second kappa shape index (κ2) is 7.16. The van der Waals surface area contributed by atoms with Gasteiger partial charge in [0.25, 0.3) is 5.91 Å². The zero-order valence-corrected chi connectivity index (χ0v) is 14.4. The summed E-state index contributed by atoms with van der Waals surface area (Å²) in [6.07, 6.45) is 4.43. The second-order valence-electron chi connectivity index (χ2n) is 7.02. The zero-order valence-electron chi connectivity index (χ0n) is 14.4. The zero-order chi connectivity index (χ0) is 16.9. The maximum atomic E-state index is 12.7. The Morgan fingerprint density at radius 3 is 2.35 bits per heavy atom. The lowest BCUT2D eigenvalue weighted by molar-refractivity contribution is -0.154. The highest BCUT2D eigenvalue weighted by atomic mass is 16.5. The lowest BCUT2D eigenvalue weighted by Gasteiger charge is -2.28. The summed E-state index contributed by atoms with van der Waals surface area (Å²) in [6.45, 7) is 5.70. The van der Waals surface area contributed by atoms with Gasteiger partial charge in [-0.05, 0) is 38.7 Å². The fourth-order valence-electron chi connectivity index (χ4n) is 3.12. The van der Waals surface area contributed by atoms with Crippen molar-refractivity contribution >= 4 is 11.9 Å². The van der Waals surface area contributed by atoms with Gasteiger partial charge in [0.1, 0.15) is 0 Å². The van der Waals surface area contributed by atoms with Crippen molar-refractivity contribution in [2.24, 2.45) is 0 Å². The van der Waals surface area contributed by atoms with E-state index in [9.17, 15) is 9.59 Å². The van der Waals surface area contributed by atoms with Crippen molar-refractivity contribution in [2.45, 2.75) is 63.8 Å². The minimum absolute atomic E-state index is 0.211. The maximum absolute atomic E-state index is 12.7. The van der Waals surface area contributed by atoms with Crippen LogP contribution in [0.4, 0.5) is 0 Å². The number of carbonyl (C=O) groups is 2. The number of rotatable bonds is 6. The van der Waals surface area contributed by atoms with Crippen molar-refractivity contribution in [1.29, 1.82) is 0 Å². The Kier molecular flexibility index (Phi) is 5.45. The fourth-order valence-corrected chi connectivity index (χ4v) is 3.12. The number of amides is 1. The van der Waals surface area contributed by atoms with Crippen molar-refractivity contribution in [3.05, 3.63) is 35.9 Å². The smallest absolute Gasteiger partial charge is 0.317 e. The molecule has 1 aromatic carbocycles. The first-order valence-corrected chi connectivity index (χ1v) is 8.43.